The zero-order chi connectivity index (χ0) is 13.8. The molecular weight excluding hydrogens is 256 g/mol. The molecule has 0 unspecified atom stereocenters. The first kappa shape index (κ1) is 14.0. The van der Waals surface area contributed by atoms with Gasteiger partial charge in [-0.3, -0.25) is 4.79 Å². The molecule has 2 aromatic rings. The number of benzene rings is 1. The van der Waals surface area contributed by atoms with E-state index in [0.29, 0.717) is 6.42 Å². The summed E-state index contributed by atoms with van der Waals surface area (Å²) < 4.78 is 3.20. The molecule has 0 aliphatic heterocycles. The predicted octanol–water partition coefficient (Wildman–Crippen LogP) is 3.42. The molecule has 1 aromatic carbocycles. The number of thiazole rings is 1. The smallest absolute Gasteiger partial charge is 0.248 e. The van der Waals surface area contributed by atoms with Crippen LogP contribution in [-0.4, -0.2) is 10.5 Å². The van der Waals surface area contributed by atoms with E-state index in [1.165, 1.54) is 10.3 Å². The lowest BCUT2D eigenvalue weighted by Gasteiger charge is -1.97. The van der Waals surface area contributed by atoms with Gasteiger partial charge < -0.3 is 4.57 Å². The predicted molar refractivity (Wildman–Crippen MR) is 80.3 cm³/mol. The lowest BCUT2D eigenvalue weighted by Crippen LogP contribution is -2.13. The third kappa shape index (κ3) is 3.13. The van der Waals surface area contributed by atoms with Crippen LogP contribution in [0.2, 0.25) is 0 Å². The highest BCUT2D eigenvalue weighted by molar-refractivity contribution is 7.16. The molecule has 1 heterocycles. The lowest BCUT2D eigenvalue weighted by molar-refractivity contribution is -0.118. The third-order valence-corrected chi connectivity index (χ3v) is 4.34. The minimum absolute atomic E-state index is 0.0141. The summed E-state index contributed by atoms with van der Waals surface area (Å²) in [6.45, 7) is 4.23. The van der Waals surface area contributed by atoms with Gasteiger partial charge in [0.1, 0.15) is 0 Å². The Labute approximate surface area is 117 Å². The molecule has 102 valence electrons. The zero-order valence-electron chi connectivity index (χ0n) is 11.8. The molecule has 1 amide bonds. The van der Waals surface area contributed by atoms with Crippen LogP contribution in [0.5, 0.6) is 0 Å². The van der Waals surface area contributed by atoms with Crippen LogP contribution in [0.25, 0.3) is 10.2 Å². The van der Waals surface area contributed by atoms with Crippen LogP contribution >= 0.6 is 11.3 Å². The molecule has 1 aromatic heterocycles. The number of carbonyl (C=O) groups is 1. The number of aryl methyl sites for hydroxylation is 2. The first-order valence-electron chi connectivity index (χ1n) is 6.81. The summed E-state index contributed by atoms with van der Waals surface area (Å²) in [6.07, 6.45) is 3.51. The van der Waals surface area contributed by atoms with Gasteiger partial charge in [0.05, 0.1) is 10.2 Å². The Kier molecular flexibility index (Phi) is 4.53. The van der Waals surface area contributed by atoms with Crippen LogP contribution in [0.4, 0.5) is 0 Å². The largest absolute Gasteiger partial charge is 0.319 e. The van der Waals surface area contributed by atoms with Gasteiger partial charge in [0, 0.05) is 13.5 Å². The Bertz CT molecular complexity index is 652. The SMILES string of the molecule is CCCCC(=O)N=c1sc2cc(CC)ccc2n1C. The second-order valence-electron chi connectivity index (χ2n) is 4.71. The Morgan fingerprint density at radius 1 is 1.37 bits per heavy atom. The highest BCUT2D eigenvalue weighted by atomic mass is 32.1. The fraction of sp³-hybridized carbons (Fsp3) is 0.467. The number of unbranched alkanes of at least 4 members (excludes halogenated alkanes) is 1. The standard InChI is InChI=1S/C15H20N2OS/c1-4-6-7-14(18)16-15-17(3)12-9-8-11(5-2)10-13(12)19-15/h8-10H,4-7H2,1-3H3. The third-order valence-electron chi connectivity index (χ3n) is 3.25. The molecule has 2 rings (SSSR count). The van der Waals surface area contributed by atoms with Gasteiger partial charge in [-0.2, -0.15) is 4.99 Å². The summed E-state index contributed by atoms with van der Waals surface area (Å²) in [5, 5.41) is 0. The maximum atomic E-state index is 11.8. The average Bonchev–Trinajstić information content (AvgIpc) is 2.72. The molecule has 0 N–H and O–H groups in total. The number of nitrogens with zero attached hydrogens (tertiary/aromatic N) is 2. The monoisotopic (exact) mass is 276 g/mol. The molecule has 19 heavy (non-hydrogen) atoms. The van der Waals surface area contributed by atoms with E-state index in [2.05, 4.69) is 37.0 Å². The van der Waals surface area contributed by atoms with E-state index in [1.54, 1.807) is 11.3 Å². The minimum atomic E-state index is -0.0141. The van der Waals surface area contributed by atoms with Gasteiger partial charge in [-0.05, 0) is 30.5 Å². The maximum Gasteiger partial charge on any atom is 0.248 e. The number of aromatic nitrogens is 1. The Balaban J connectivity index is 2.41. The van der Waals surface area contributed by atoms with Gasteiger partial charge in [0.25, 0.3) is 0 Å². The zero-order valence-corrected chi connectivity index (χ0v) is 12.6. The van der Waals surface area contributed by atoms with Crippen molar-refractivity contribution >= 4 is 27.5 Å². The van der Waals surface area contributed by atoms with Crippen LogP contribution in [0.3, 0.4) is 0 Å². The summed E-state index contributed by atoms with van der Waals surface area (Å²) >= 11 is 1.59. The molecule has 0 radical (unpaired) electrons. The molecule has 0 saturated carbocycles. The topological polar surface area (TPSA) is 34.4 Å². The van der Waals surface area contributed by atoms with E-state index in [-0.39, 0.29) is 5.91 Å². The Hall–Kier alpha value is -1.42. The molecular formula is C15H20N2OS. The van der Waals surface area contributed by atoms with Crippen molar-refractivity contribution in [1.29, 1.82) is 0 Å². The van der Waals surface area contributed by atoms with Gasteiger partial charge in [0.2, 0.25) is 5.91 Å². The number of rotatable bonds is 4. The number of hydrogen-bond donors (Lipinski definition) is 0. The van der Waals surface area contributed by atoms with Gasteiger partial charge in [0.15, 0.2) is 4.80 Å². The van der Waals surface area contributed by atoms with Crippen LogP contribution in [0.15, 0.2) is 23.2 Å². The Morgan fingerprint density at radius 3 is 2.84 bits per heavy atom. The summed E-state index contributed by atoms with van der Waals surface area (Å²) in [4.78, 5) is 16.8. The lowest BCUT2D eigenvalue weighted by atomic mass is 10.2. The average molecular weight is 276 g/mol. The van der Waals surface area contributed by atoms with Gasteiger partial charge >= 0.3 is 0 Å². The van der Waals surface area contributed by atoms with Gasteiger partial charge in [-0.1, -0.05) is 37.7 Å². The van der Waals surface area contributed by atoms with Crippen molar-refractivity contribution in [3.63, 3.8) is 0 Å². The second-order valence-corrected chi connectivity index (χ2v) is 5.72. The van der Waals surface area contributed by atoms with Gasteiger partial charge in [-0.25, -0.2) is 0 Å². The first-order chi connectivity index (χ1) is 9.15. The van der Waals surface area contributed by atoms with Crippen LogP contribution in [0.1, 0.15) is 38.7 Å². The van der Waals surface area contributed by atoms with E-state index < -0.39 is 0 Å². The normalized spacial score (nSPS) is 12.3. The molecule has 0 saturated heterocycles. The van der Waals surface area contributed by atoms with Crippen molar-refractivity contribution in [3.05, 3.63) is 28.6 Å². The summed E-state index contributed by atoms with van der Waals surface area (Å²) in [5.74, 6) is -0.0141. The van der Waals surface area contributed by atoms with Crippen molar-refractivity contribution in [2.45, 2.75) is 39.5 Å². The number of amides is 1. The van der Waals surface area contributed by atoms with Crippen LogP contribution in [0, 0.1) is 0 Å². The summed E-state index contributed by atoms with van der Waals surface area (Å²) in [5.41, 5.74) is 2.46. The first-order valence-corrected chi connectivity index (χ1v) is 7.63. The number of carbonyl (C=O) groups excluding carboxylic acids is 1. The fourth-order valence-electron chi connectivity index (χ4n) is 2.00. The van der Waals surface area contributed by atoms with E-state index in [0.717, 1.165) is 29.6 Å². The van der Waals surface area contributed by atoms with Crippen molar-refractivity contribution in [2.75, 3.05) is 0 Å². The van der Waals surface area contributed by atoms with E-state index in [4.69, 9.17) is 0 Å². The van der Waals surface area contributed by atoms with Crippen molar-refractivity contribution in [2.24, 2.45) is 12.0 Å². The maximum absolute atomic E-state index is 11.8. The molecule has 0 bridgehead atoms. The molecule has 0 spiro atoms. The van der Waals surface area contributed by atoms with Crippen molar-refractivity contribution in [3.8, 4) is 0 Å². The summed E-state index contributed by atoms with van der Waals surface area (Å²) in [7, 11) is 1.97. The highest BCUT2D eigenvalue weighted by Crippen LogP contribution is 2.18. The molecule has 4 heteroatoms. The molecule has 0 aliphatic carbocycles. The molecule has 3 nitrogen and oxygen atoms in total. The van der Waals surface area contributed by atoms with Crippen molar-refractivity contribution in [1.82, 2.24) is 4.57 Å². The minimum Gasteiger partial charge on any atom is -0.319 e. The van der Waals surface area contributed by atoms with Crippen LogP contribution in [-0.2, 0) is 18.3 Å². The van der Waals surface area contributed by atoms with E-state index in [9.17, 15) is 4.79 Å². The quantitative estimate of drug-likeness (QED) is 0.842. The summed E-state index contributed by atoms with van der Waals surface area (Å²) in [6, 6.07) is 6.44. The molecule has 0 atom stereocenters. The number of fused-ring (bicyclic) bond motifs is 1. The van der Waals surface area contributed by atoms with Crippen LogP contribution < -0.4 is 4.80 Å². The highest BCUT2D eigenvalue weighted by Gasteiger charge is 2.05. The van der Waals surface area contributed by atoms with Crippen molar-refractivity contribution < 1.29 is 4.79 Å². The van der Waals surface area contributed by atoms with E-state index >= 15 is 0 Å². The second kappa shape index (κ2) is 6.15. The van der Waals surface area contributed by atoms with E-state index in [1.807, 2.05) is 11.6 Å². The molecule has 0 fully saturated rings. The fourth-order valence-corrected chi connectivity index (χ4v) is 3.09. The van der Waals surface area contributed by atoms with Gasteiger partial charge in [-0.15, -0.1) is 0 Å². The molecule has 0 aliphatic rings. The Morgan fingerprint density at radius 2 is 2.16 bits per heavy atom. The number of hydrogen-bond acceptors (Lipinski definition) is 2.